The van der Waals surface area contributed by atoms with Crippen molar-refractivity contribution >= 4 is 98.1 Å². The van der Waals surface area contributed by atoms with Crippen LogP contribution in [0, 0.1) is 0 Å². The van der Waals surface area contributed by atoms with Gasteiger partial charge >= 0.3 is 101 Å². The van der Waals surface area contributed by atoms with Crippen molar-refractivity contribution in [3.63, 3.8) is 0 Å². The first-order chi connectivity index (χ1) is 6.00. The molecule has 13 heteroatoms. The zero-order chi connectivity index (χ0) is 12.5. The Bertz CT molecular complexity index is 39.6. The van der Waals surface area contributed by atoms with Gasteiger partial charge < -0.3 is 28.2 Å². The Balaban J connectivity index is -0.0000000230. The first-order valence-electron chi connectivity index (χ1n) is 1.89. The molecule has 64 valence electrons. The summed E-state index contributed by atoms with van der Waals surface area (Å²) in [6, 6.07) is 0. The Hall–Kier alpha value is 2.84. The van der Waals surface area contributed by atoms with Gasteiger partial charge in [-0.1, -0.05) is 0 Å². The monoisotopic (exact) mass is 264 g/mol. The molecular formula is F4Mg4O4Si. The molecule has 0 bridgehead atoms. The second kappa shape index (κ2) is 36.4. The third kappa shape index (κ3) is 303. The van der Waals surface area contributed by atoms with Crippen LogP contribution in [0.5, 0.6) is 0 Å². The van der Waals surface area contributed by atoms with E-state index in [9.17, 15) is 11.8 Å². The standard InChI is InChI=1S/4FH.4Mg.O4Si/c;;;;;;;;1-5(2,3)4/h4*1H;;;;;/q;;;;4*+2;-4/p-4. The van der Waals surface area contributed by atoms with E-state index in [1.54, 1.807) is 0 Å². The van der Waals surface area contributed by atoms with Gasteiger partial charge in [0.15, 0.2) is 0 Å². The summed E-state index contributed by atoms with van der Waals surface area (Å²) in [7, 11) is -5.61. The second-order valence-electron chi connectivity index (χ2n) is 0.500. The topological polar surface area (TPSA) is 92.2 Å². The van der Waals surface area contributed by atoms with E-state index in [4.69, 9.17) is 19.2 Å². The van der Waals surface area contributed by atoms with E-state index in [0.29, 0.717) is 89.1 Å². The van der Waals surface area contributed by atoms with Gasteiger partial charge in [0.1, 0.15) is 0 Å². The van der Waals surface area contributed by atoms with Crippen LogP contribution in [-0.2, 0) is 0 Å². The van der Waals surface area contributed by atoms with E-state index in [2.05, 4.69) is 0 Å². The van der Waals surface area contributed by atoms with Gasteiger partial charge in [0.25, 0.3) is 0 Å². The minimum Gasteiger partial charge on any atom is -0.894 e. The van der Waals surface area contributed by atoms with Crippen molar-refractivity contribution < 1.29 is 31.0 Å². The van der Waals surface area contributed by atoms with Crippen LogP contribution in [0.1, 0.15) is 0 Å². The zero-order valence-corrected chi connectivity index (χ0v) is 13.1. The van der Waals surface area contributed by atoms with E-state index in [-0.39, 0.29) is 0 Å². The molecule has 0 fully saturated rings. The normalized spacial score (nSPS) is 6.77. The molecule has 0 radical (unpaired) electrons. The summed E-state index contributed by atoms with van der Waals surface area (Å²) in [4.78, 5) is 34.3. The number of hydrogen-bond donors (Lipinski definition) is 0. The summed E-state index contributed by atoms with van der Waals surface area (Å²) >= 11 is 1.44. The van der Waals surface area contributed by atoms with Gasteiger partial charge in [-0.15, -0.1) is 0 Å². The molecular weight excluding hydrogens is 265 g/mol. The van der Waals surface area contributed by atoms with Crippen molar-refractivity contribution in [2.75, 3.05) is 0 Å². The predicted octanol–water partition coefficient (Wildman–Crippen LogP) is -4.98. The summed E-state index contributed by atoms with van der Waals surface area (Å²) in [5, 5.41) is 0. The van der Waals surface area contributed by atoms with E-state index in [1.165, 1.54) is 0 Å². The molecule has 0 unspecified atom stereocenters. The molecule has 0 amide bonds. The molecule has 0 spiro atoms. The van der Waals surface area contributed by atoms with Crippen molar-refractivity contribution in [2.24, 2.45) is 0 Å². The Morgan fingerprint density at radius 1 is 0.538 bits per heavy atom. The van der Waals surface area contributed by atoms with E-state index < -0.39 is 9.05 Å². The minimum absolute atomic E-state index is 0.361. The predicted molar refractivity (Wildman–Crippen MR) is 33.2 cm³/mol. The SMILES string of the molecule is [F][Mg+].[F][Mg+].[F][Mg+].[F][Mg+].[O-][Si]([O-])([O-])[O-]. The van der Waals surface area contributed by atoms with Gasteiger partial charge in [-0.3, -0.25) is 0 Å². The smallest absolute Gasteiger partial charge is 0.426 e. The molecule has 0 saturated carbocycles. The Morgan fingerprint density at radius 2 is 0.538 bits per heavy atom. The van der Waals surface area contributed by atoms with Crippen LogP contribution in [0.3, 0.4) is 0 Å². The van der Waals surface area contributed by atoms with Gasteiger partial charge in [-0.2, -0.15) is 0 Å². The van der Waals surface area contributed by atoms with Gasteiger partial charge in [0.2, 0.25) is 0 Å². The van der Waals surface area contributed by atoms with E-state index in [0.717, 1.165) is 0 Å². The average Bonchev–Trinajstić information content (AvgIpc) is 2.14. The molecule has 0 aromatic carbocycles. The van der Waals surface area contributed by atoms with Crippen LogP contribution >= 0.6 is 0 Å². The molecule has 0 aromatic rings. The number of halogens is 4. The molecule has 0 aliphatic carbocycles. The largest absolute Gasteiger partial charge is 0.894 e. The summed E-state index contributed by atoms with van der Waals surface area (Å²) in [6.45, 7) is 0. The molecule has 0 atom stereocenters. The Kier molecular flexibility index (Phi) is 83.1. The molecule has 0 saturated heterocycles. The third-order valence-corrected chi connectivity index (χ3v) is 0. The minimum atomic E-state index is -5.61. The molecule has 0 aromatic heterocycles. The fourth-order valence-electron chi connectivity index (χ4n) is 0. The van der Waals surface area contributed by atoms with Crippen molar-refractivity contribution in [2.45, 2.75) is 0 Å². The number of hydrogen-bond acceptors (Lipinski definition) is 4. The first kappa shape index (κ1) is 29.7. The van der Waals surface area contributed by atoms with Gasteiger partial charge in [-0.25, -0.2) is 0 Å². The zero-order valence-electron chi connectivity index (χ0n) is 6.47. The Morgan fingerprint density at radius 3 is 0.538 bits per heavy atom. The second-order valence-corrected chi connectivity index (χ2v) is 1.50. The average molecular weight is 265 g/mol. The van der Waals surface area contributed by atoms with Crippen LogP contribution in [-0.4, -0.2) is 98.1 Å². The van der Waals surface area contributed by atoms with Crippen LogP contribution in [0.2, 0.25) is 0 Å². The van der Waals surface area contributed by atoms with E-state index in [1.807, 2.05) is 0 Å². The van der Waals surface area contributed by atoms with Crippen LogP contribution in [0.25, 0.3) is 0 Å². The molecule has 0 N–H and O–H groups in total. The van der Waals surface area contributed by atoms with Crippen LogP contribution in [0.4, 0.5) is 11.8 Å². The maximum absolute atomic E-state index is 9.53. The fraction of sp³-hybridized carbons (Fsp3) is 0. The van der Waals surface area contributed by atoms with Crippen molar-refractivity contribution in [3.8, 4) is 0 Å². The van der Waals surface area contributed by atoms with Crippen LogP contribution in [0.15, 0.2) is 0 Å². The van der Waals surface area contributed by atoms with Crippen molar-refractivity contribution in [3.05, 3.63) is 0 Å². The molecule has 4 nitrogen and oxygen atoms in total. The van der Waals surface area contributed by atoms with Crippen molar-refractivity contribution in [1.82, 2.24) is 0 Å². The molecule has 13 heavy (non-hydrogen) atoms. The fourth-order valence-corrected chi connectivity index (χ4v) is 0. The molecule has 0 aliphatic heterocycles. The summed E-state index contributed by atoms with van der Waals surface area (Å²) in [5.74, 6) is 0. The van der Waals surface area contributed by atoms with Gasteiger partial charge in [-0.05, 0) is 0 Å². The maximum Gasteiger partial charge on any atom is -0.426 e. The molecule has 0 rings (SSSR count). The quantitative estimate of drug-likeness (QED) is 0.324. The van der Waals surface area contributed by atoms with Crippen LogP contribution < -0.4 is 19.2 Å². The number of rotatable bonds is 0. The first-order valence-corrected chi connectivity index (χ1v) is 5.66. The molecule has 0 heterocycles. The summed E-state index contributed by atoms with van der Waals surface area (Å²) < 4.78 is 38.1. The maximum atomic E-state index is 9.53. The van der Waals surface area contributed by atoms with Gasteiger partial charge in [0.05, 0.1) is 0 Å². The van der Waals surface area contributed by atoms with Crippen molar-refractivity contribution in [1.29, 1.82) is 0 Å². The summed E-state index contributed by atoms with van der Waals surface area (Å²) in [5.41, 5.74) is 0. The Labute approximate surface area is 127 Å². The van der Waals surface area contributed by atoms with Gasteiger partial charge in [0, 0.05) is 0 Å². The summed E-state index contributed by atoms with van der Waals surface area (Å²) in [6.07, 6.45) is 0. The third-order valence-electron chi connectivity index (χ3n) is 0. The molecule has 0 aliphatic rings. The van der Waals surface area contributed by atoms with E-state index >= 15 is 0 Å².